The summed E-state index contributed by atoms with van der Waals surface area (Å²) in [4.78, 5) is 10.7. The molecular weight excluding hydrogens is 283 g/mol. The van der Waals surface area contributed by atoms with Gasteiger partial charge < -0.3 is 14.9 Å². The first-order valence-electron chi connectivity index (χ1n) is 4.49. The molecule has 1 rings (SSSR count). The average Bonchev–Trinajstić information content (AvgIpc) is 2.22. The zero-order valence-electron chi connectivity index (χ0n) is 8.41. The number of hydrogen-bond acceptors (Lipinski definition) is 3. The normalized spacial score (nSPS) is 14.2. The Morgan fingerprint density at radius 1 is 1.62 bits per heavy atom. The van der Waals surface area contributed by atoms with E-state index in [0.717, 1.165) is 6.07 Å². The molecule has 0 radical (unpaired) electrons. The van der Waals surface area contributed by atoms with Crippen molar-refractivity contribution in [3.8, 4) is 5.75 Å². The second-order valence-corrected chi connectivity index (χ2v) is 4.04. The van der Waals surface area contributed by atoms with Gasteiger partial charge in [-0.05, 0) is 18.2 Å². The molecule has 0 fully saturated rings. The maximum Gasteiger partial charge on any atom is 0.377 e. The Morgan fingerprint density at radius 2 is 2.25 bits per heavy atom. The van der Waals surface area contributed by atoms with Crippen molar-refractivity contribution in [2.45, 2.75) is 19.1 Å². The number of carboxylic acids is 1. The van der Waals surface area contributed by atoms with Gasteiger partial charge in [-0.2, -0.15) is 0 Å². The first-order chi connectivity index (χ1) is 7.39. The predicted octanol–water partition coefficient (Wildman–Crippen LogP) is 2.15. The van der Waals surface area contributed by atoms with Crippen LogP contribution in [-0.4, -0.2) is 22.0 Å². The van der Waals surface area contributed by atoms with Gasteiger partial charge in [-0.25, -0.2) is 9.18 Å². The minimum atomic E-state index is -2.41. The van der Waals surface area contributed by atoms with Crippen molar-refractivity contribution in [2.24, 2.45) is 0 Å². The molecule has 0 heterocycles. The lowest BCUT2D eigenvalue weighted by Crippen LogP contribution is -2.44. The third-order valence-corrected chi connectivity index (χ3v) is 2.48. The molecule has 0 bridgehead atoms. The molecule has 0 aliphatic heterocycles. The summed E-state index contributed by atoms with van der Waals surface area (Å²) in [7, 11) is 0. The molecule has 4 nitrogen and oxygen atoms in total. The van der Waals surface area contributed by atoms with Crippen molar-refractivity contribution in [3.63, 3.8) is 0 Å². The molecule has 1 atom stereocenters. The Morgan fingerprint density at radius 3 is 2.69 bits per heavy atom. The lowest BCUT2D eigenvalue weighted by Gasteiger charge is -2.23. The molecular formula is C10H10BrFO4. The number of aliphatic carboxylic acids is 1. The highest BCUT2D eigenvalue weighted by Gasteiger charge is 2.37. The summed E-state index contributed by atoms with van der Waals surface area (Å²) < 4.78 is 18.6. The second-order valence-electron chi connectivity index (χ2n) is 3.12. The van der Waals surface area contributed by atoms with E-state index in [2.05, 4.69) is 15.9 Å². The fraction of sp³-hybridized carbons (Fsp3) is 0.300. The topological polar surface area (TPSA) is 66.8 Å². The van der Waals surface area contributed by atoms with E-state index in [4.69, 9.17) is 9.84 Å². The molecule has 0 aliphatic rings. The lowest BCUT2D eigenvalue weighted by molar-refractivity contribution is -0.195. The summed E-state index contributed by atoms with van der Waals surface area (Å²) >= 11 is 3.05. The maximum atomic E-state index is 13.3. The molecule has 0 aromatic heterocycles. The highest BCUT2D eigenvalue weighted by molar-refractivity contribution is 9.10. The van der Waals surface area contributed by atoms with Crippen molar-refractivity contribution >= 4 is 21.9 Å². The van der Waals surface area contributed by atoms with Gasteiger partial charge in [0, 0.05) is 10.9 Å². The van der Waals surface area contributed by atoms with E-state index in [1.807, 2.05) is 0 Å². The van der Waals surface area contributed by atoms with Crippen molar-refractivity contribution in [3.05, 3.63) is 28.5 Å². The molecule has 1 unspecified atom stereocenters. The molecule has 0 spiro atoms. The van der Waals surface area contributed by atoms with Crippen LogP contribution in [0.4, 0.5) is 4.39 Å². The van der Waals surface area contributed by atoms with E-state index in [1.165, 1.54) is 19.1 Å². The van der Waals surface area contributed by atoms with Crippen LogP contribution in [0, 0.1) is 5.82 Å². The Bertz CT molecular complexity index is 410. The second kappa shape index (κ2) is 4.80. The van der Waals surface area contributed by atoms with Crippen LogP contribution in [0.1, 0.15) is 13.3 Å². The Labute approximate surface area is 99.8 Å². The minimum Gasteiger partial charge on any atom is -0.476 e. The van der Waals surface area contributed by atoms with Crippen molar-refractivity contribution < 1.29 is 24.1 Å². The number of aliphatic hydroxyl groups is 1. The molecule has 88 valence electrons. The van der Waals surface area contributed by atoms with E-state index in [1.54, 1.807) is 0 Å². The number of hydrogen-bond donors (Lipinski definition) is 2. The molecule has 2 N–H and O–H groups in total. The minimum absolute atomic E-state index is 0.197. The van der Waals surface area contributed by atoms with Gasteiger partial charge in [0.15, 0.2) is 11.6 Å². The molecule has 0 saturated carbocycles. The number of carbonyl (C=O) groups is 1. The van der Waals surface area contributed by atoms with Gasteiger partial charge in [0.2, 0.25) is 0 Å². The monoisotopic (exact) mass is 292 g/mol. The summed E-state index contributed by atoms with van der Waals surface area (Å²) in [6.07, 6.45) is -0.197. The summed E-state index contributed by atoms with van der Waals surface area (Å²) in [5.41, 5.74) is 0. The zero-order valence-corrected chi connectivity index (χ0v) is 9.99. The van der Waals surface area contributed by atoms with Crippen LogP contribution in [0.15, 0.2) is 22.7 Å². The van der Waals surface area contributed by atoms with Crippen LogP contribution < -0.4 is 4.74 Å². The van der Waals surface area contributed by atoms with Gasteiger partial charge >= 0.3 is 11.8 Å². The Kier molecular flexibility index (Phi) is 3.88. The van der Waals surface area contributed by atoms with Crippen LogP contribution >= 0.6 is 15.9 Å². The van der Waals surface area contributed by atoms with Gasteiger partial charge in [-0.1, -0.05) is 22.9 Å². The van der Waals surface area contributed by atoms with Gasteiger partial charge in [0.05, 0.1) is 0 Å². The summed E-state index contributed by atoms with van der Waals surface area (Å²) in [6, 6.07) is 3.84. The number of benzene rings is 1. The molecule has 6 heteroatoms. The Balaban J connectivity index is 2.99. The first-order valence-corrected chi connectivity index (χ1v) is 5.28. The lowest BCUT2D eigenvalue weighted by atomic mass is 10.2. The molecule has 1 aromatic rings. The average molecular weight is 293 g/mol. The number of rotatable bonds is 4. The SMILES string of the molecule is CCC(O)(Oc1ccc(Br)cc1F)C(=O)O. The third kappa shape index (κ3) is 2.70. The highest BCUT2D eigenvalue weighted by atomic mass is 79.9. The largest absolute Gasteiger partial charge is 0.476 e. The molecule has 0 amide bonds. The van der Waals surface area contributed by atoms with Crippen LogP contribution in [0.3, 0.4) is 0 Å². The number of ether oxygens (including phenoxy) is 1. The maximum absolute atomic E-state index is 13.3. The zero-order chi connectivity index (χ0) is 12.3. The molecule has 0 saturated heterocycles. The highest BCUT2D eigenvalue weighted by Crippen LogP contribution is 2.25. The summed E-state index contributed by atoms with van der Waals surface area (Å²) in [6.45, 7) is 1.42. The predicted molar refractivity (Wildman–Crippen MR) is 57.6 cm³/mol. The number of carboxylic acid groups (broad SMARTS) is 1. The standard InChI is InChI=1S/C10H10BrFO4/c1-2-10(15,9(13)14)16-8-4-3-6(11)5-7(8)12/h3-5,15H,2H2,1H3,(H,13,14). The van der Waals surface area contributed by atoms with Crippen molar-refractivity contribution in [1.82, 2.24) is 0 Å². The van der Waals surface area contributed by atoms with Gasteiger partial charge in [-0.15, -0.1) is 0 Å². The van der Waals surface area contributed by atoms with Gasteiger partial charge in [0.25, 0.3) is 0 Å². The van der Waals surface area contributed by atoms with E-state index < -0.39 is 17.6 Å². The molecule has 1 aromatic carbocycles. The smallest absolute Gasteiger partial charge is 0.377 e. The van der Waals surface area contributed by atoms with Crippen LogP contribution in [0.5, 0.6) is 5.75 Å². The van der Waals surface area contributed by atoms with E-state index in [9.17, 15) is 14.3 Å². The third-order valence-electron chi connectivity index (χ3n) is 1.99. The molecule has 16 heavy (non-hydrogen) atoms. The van der Waals surface area contributed by atoms with E-state index >= 15 is 0 Å². The van der Waals surface area contributed by atoms with Crippen molar-refractivity contribution in [1.29, 1.82) is 0 Å². The number of halogens is 2. The van der Waals surface area contributed by atoms with Crippen LogP contribution in [-0.2, 0) is 4.79 Å². The molecule has 0 aliphatic carbocycles. The van der Waals surface area contributed by atoms with Gasteiger partial charge in [-0.3, -0.25) is 0 Å². The summed E-state index contributed by atoms with van der Waals surface area (Å²) in [5, 5.41) is 18.3. The Hall–Kier alpha value is -1.14. The fourth-order valence-corrected chi connectivity index (χ4v) is 1.34. The van der Waals surface area contributed by atoms with E-state index in [-0.39, 0.29) is 12.2 Å². The van der Waals surface area contributed by atoms with Crippen molar-refractivity contribution in [2.75, 3.05) is 0 Å². The van der Waals surface area contributed by atoms with Gasteiger partial charge in [0.1, 0.15) is 0 Å². The quantitative estimate of drug-likeness (QED) is 0.835. The van der Waals surface area contributed by atoms with Crippen LogP contribution in [0.25, 0.3) is 0 Å². The van der Waals surface area contributed by atoms with E-state index in [0.29, 0.717) is 4.47 Å². The van der Waals surface area contributed by atoms with Crippen LogP contribution in [0.2, 0.25) is 0 Å². The summed E-state index contributed by atoms with van der Waals surface area (Å²) in [5.74, 6) is -5.02. The fourth-order valence-electron chi connectivity index (χ4n) is 1.01. The first kappa shape index (κ1) is 12.9.